The van der Waals surface area contributed by atoms with Crippen molar-refractivity contribution in [3.63, 3.8) is 0 Å². The van der Waals surface area contributed by atoms with Gasteiger partial charge in [-0.2, -0.15) is 0 Å². The number of ketones is 1. The molecule has 2 aliphatic rings. The van der Waals surface area contributed by atoms with Crippen LogP contribution < -0.4 is 10.6 Å². The molecule has 1 unspecified atom stereocenters. The Kier molecular flexibility index (Phi) is 6.16. The predicted octanol–water partition coefficient (Wildman–Crippen LogP) is 3.60. The maximum atomic E-state index is 12.7. The van der Waals surface area contributed by atoms with E-state index in [1.807, 2.05) is 6.92 Å². The van der Waals surface area contributed by atoms with E-state index in [0.29, 0.717) is 17.2 Å². The summed E-state index contributed by atoms with van der Waals surface area (Å²) in [5, 5.41) is 18.2. The van der Waals surface area contributed by atoms with Crippen LogP contribution in [0.3, 0.4) is 0 Å². The van der Waals surface area contributed by atoms with Gasteiger partial charge in [0.05, 0.1) is 12.2 Å². The average Bonchev–Trinajstić information content (AvgIpc) is 3.42. The van der Waals surface area contributed by atoms with Crippen LogP contribution in [0.4, 0.5) is 5.69 Å². The number of fused-ring (bicyclic) bond motifs is 2. The highest BCUT2D eigenvalue weighted by atomic mass is 32.1. The molecule has 0 aliphatic heterocycles. The number of nitrogens with one attached hydrogen (secondary N) is 2. The van der Waals surface area contributed by atoms with Gasteiger partial charge in [-0.1, -0.05) is 19.1 Å². The van der Waals surface area contributed by atoms with Crippen LogP contribution in [0.1, 0.15) is 60.6 Å². The summed E-state index contributed by atoms with van der Waals surface area (Å²) >= 11 is 5.58. The average molecular weight is 424 g/mol. The maximum absolute atomic E-state index is 12.7. The van der Waals surface area contributed by atoms with Crippen LogP contribution in [0.2, 0.25) is 0 Å². The van der Waals surface area contributed by atoms with E-state index >= 15 is 0 Å². The molecule has 0 bridgehead atoms. The Hall–Kier alpha value is -2.31. The Morgan fingerprint density at radius 2 is 1.87 bits per heavy atom. The lowest BCUT2D eigenvalue weighted by Gasteiger charge is -2.27. The molecule has 3 N–H and O–H groups in total. The van der Waals surface area contributed by atoms with E-state index in [2.05, 4.69) is 21.7 Å². The van der Waals surface area contributed by atoms with Crippen LogP contribution in [-0.2, 0) is 36.1 Å². The summed E-state index contributed by atoms with van der Waals surface area (Å²) in [5.41, 5.74) is 5.41. The van der Waals surface area contributed by atoms with Gasteiger partial charge in [0.2, 0.25) is 0 Å². The number of benzene rings is 1. The van der Waals surface area contributed by atoms with Crippen molar-refractivity contribution in [3.8, 4) is 0 Å². The molecular formula is C24H29N3O2S. The number of Topliss-reactive ketones (excluding diaryl/α,β-unsaturated/α-hetero) is 1. The molecule has 1 atom stereocenters. The monoisotopic (exact) mass is 423 g/mol. The molecule has 4 rings (SSSR count). The summed E-state index contributed by atoms with van der Waals surface area (Å²) in [7, 11) is 0. The van der Waals surface area contributed by atoms with Crippen molar-refractivity contribution in [2.75, 3.05) is 11.9 Å². The highest BCUT2D eigenvalue weighted by Gasteiger charge is 2.38. The molecule has 0 fully saturated rings. The summed E-state index contributed by atoms with van der Waals surface area (Å²) in [6.45, 7) is 1.92. The van der Waals surface area contributed by atoms with E-state index in [9.17, 15) is 9.90 Å². The first kappa shape index (κ1) is 20.9. The summed E-state index contributed by atoms with van der Waals surface area (Å²) in [4.78, 5) is 17.0. The lowest BCUT2D eigenvalue weighted by atomic mass is 9.91. The van der Waals surface area contributed by atoms with Gasteiger partial charge in [0, 0.05) is 18.3 Å². The smallest absolute Gasteiger partial charge is 0.182 e. The highest BCUT2D eigenvalue weighted by Crippen LogP contribution is 2.38. The van der Waals surface area contributed by atoms with Crippen molar-refractivity contribution in [3.05, 3.63) is 58.4 Å². The van der Waals surface area contributed by atoms with Gasteiger partial charge in [0.15, 0.2) is 16.5 Å². The number of carbonyl (C=O) groups is 1. The number of hydrogen-bond donors (Lipinski definition) is 3. The Morgan fingerprint density at radius 1 is 1.17 bits per heavy atom. The fourth-order valence-electron chi connectivity index (χ4n) is 4.71. The van der Waals surface area contributed by atoms with E-state index in [-0.39, 0.29) is 18.7 Å². The molecule has 6 heteroatoms. The zero-order chi connectivity index (χ0) is 21.1. The van der Waals surface area contributed by atoms with Crippen molar-refractivity contribution in [2.45, 2.75) is 63.9 Å². The van der Waals surface area contributed by atoms with Crippen LogP contribution in [0.15, 0.2) is 30.5 Å². The van der Waals surface area contributed by atoms with Crippen molar-refractivity contribution >= 4 is 28.8 Å². The number of pyridine rings is 1. The molecule has 2 aliphatic carbocycles. The number of aliphatic hydroxyl groups is 1. The van der Waals surface area contributed by atoms with Crippen molar-refractivity contribution in [1.29, 1.82) is 0 Å². The summed E-state index contributed by atoms with van der Waals surface area (Å²) in [6, 6.07) is 7.61. The van der Waals surface area contributed by atoms with Gasteiger partial charge in [0.25, 0.3) is 0 Å². The van der Waals surface area contributed by atoms with Gasteiger partial charge in [0.1, 0.15) is 0 Å². The minimum Gasteiger partial charge on any atom is -0.374 e. The second-order valence-corrected chi connectivity index (χ2v) is 8.70. The minimum atomic E-state index is -1.70. The number of rotatable bonds is 7. The molecule has 5 nitrogen and oxygen atoms in total. The molecule has 0 spiro atoms. The molecule has 0 radical (unpaired) electrons. The van der Waals surface area contributed by atoms with E-state index < -0.39 is 5.60 Å². The fourth-order valence-corrected chi connectivity index (χ4v) is 4.88. The largest absolute Gasteiger partial charge is 0.374 e. The van der Waals surface area contributed by atoms with Gasteiger partial charge in [-0.3, -0.25) is 9.78 Å². The van der Waals surface area contributed by atoms with E-state index in [1.165, 1.54) is 35.1 Å². The summed E-state index contributed by atoms with van der Waals surface area (Å²) in [5.74, 6) is -0.250. The van der Waals surface area contributed by atoms with Gasteiger partial charge in [-0.15, -0.1) is 0 Å². The van der Waals surface area contributed by atoms with Crippen LogP contribution in [0.25, 0.3) is 0 Å². The van der Waals surface area contributed by atoms with E-state index in [4.69, 9.17) is 12.2 Å². The molecular weight excluding hydrogens is 394 g/mol. The number of hydrogen-bond acceptors (Lipinski definition) is 4. The van der Waals surface area contributed by atoms with Gasteiger partial charge < -0.3 is 15.7 Å². The topological polar surface area (TPSA) is 74.2 Å². The first-order chi connectivity index (χ1) is 14.5. The quantitative estimate of drug-likeness (QED) is 0.591. The zero-order valence-corrected chi connectivity index (χ0v) is 18.3. The number of aryl methyl sites for hydroxylation is 2. The molecule has 2 aromatic rings. The van der Waals surface area contributed by atoms with Crippen LogP contribution in [0.5, 0.6) is 0 Å². The summed E-state index contributed by atoms with van der Waals surface area (Å²) in [6.07, 6.45) is 9.29. The van der Waals surface area contributed by atoms with Gasteiger partial charge in [-0.05, 0) is 91.6 Å². The third-order valence-corrected chi connectivity index (χ3v) is 6.49. The lowest BCUT2D eigenvalue weighted by Crippen LogP contribution is -2.48. The Morgan fingerprint density at radius 3 is 2.47 bits per heavy atom. The molecule has 0 saturated carbocycles. The Balaban J connectivity index is 1.52. The first-order valence-corrected chi connectivity index (χ1v) is 11.3. The van der Waals surface area contributed by atoms with Crippen LogP contribution in [-0.4, -0.2) is 27.5 Å². The van der Waals surface area contributed by atoms with Crippen molar-refractivity contribution < 1.29 is 9.90 Å². The number of aromatic nitrogens is 1. The van der Waals surface area contributed by atoms with E-state index in [0.717, 1.165) is 31.4 Å². The third-order valence-electron chi connectivity index (χ3n) is 6.24. The Bertz CT molecular complexity index is 928. The minimum absolute atomic E-state index is 0.00804. The molecule has 1 heterocycles. The number of nitrogens with zero attached hydrogens (tertiary/aromatic N) is 1. The van der Waals surface area contributed by atoms with Crippen molar-refractivity contribution in [2.24, 2.45) is 0 Å². The lowest BCUT2D eigenvalue weighted by molar-refractivity contribution is -0.138. The SMILES string of the molecule is CCCC(=O)C(O)(CNC(=S)Nc1c2c(cc3c1CCC3)CCC2)c1ccccn1. The maximum Gasteiger partial charge on any atom is 0.182 e. The molecule has 158 valence electrons. The van der Waals surface area contributed by atoms with Crippen molar-refractivity contribution in [1.82, 2.24) is 10.3 Å². The Labute approximate surface area is 183 Å². The summed E-state index contributed by atoms with van der Waals surface area (Å²) < 4.78 is 0. The molecule has 30 heavy (non-hydrogen) atoms. The number of thiocarbonyl (C=S) groups is 1. The number of carbonyl (C=O) groups excluding carboxylic acids is 1. The van der Waals surface area contributed by atoms with Crippen LogP contribution >= 0.6 is 12.2 Å². The molecule has 1 aromatic heterocycles. The molecule has 0 saturated heterocycles. The second-order valence-electron chi connectivity index (χ2n) is 8.29. The third kappa shape index (κ3) is 3.98. The number of anilines is 1. The second kappa shape index (κ2) is 8.82. The van der Waals surface area contributed by atoms with E-state index in [1.54, 1.807) is 24.4 Å². The van der Waals surface area contributed by atoms with Crippen LogP contribution in [0, 0.1) is 0 Å². The normalized spacial score (nSPS) is 16.5. The first-order valence-electron chi connectivity index (χ1n) is 10.9. The van der Waals surface area contributed by atoms with Gasteiger partial charge >= 0.3 is 0 Å². The van der Waals surface area contributed by atoms with Gasteiger partial charge in [-0.25, -0.2) is 0 Å². The standard InChI is InChI=1S/C24H29N3O2S/c1-2-7-21(28)24(29,20-12-3-4-13-25-20)15-26-23(30)27-22-18-10-5-8-16(18)14-17-9-6-11-19(17)22/h3-4,12-14,29H,2,5-11,15H2,1H3,(H2,26,27,30). The highest BCUT2D eigenvalue weighted by molar-refractivity contribution is 7.80. The zero-order valence-electron chi connectivity index (χ0n) is 17.5. The molecule has 1 aromatic carbocycles. The molecule has 0 amide bonds. The predicted molar refractivity (Wildman–Crippen MR) is 123 cm³/mol. The fraction of sp³-hybridized carbons (Fsp3) is 0.458.